The first-order valence-electron chi connectivity index (χ1n) is 7.19. The highest BCUT2D eigenvalue weighted by Crippen LogP contribution is 2.15. The van der Waals surface area contributed by atoms with Crippen LogP contribution in [0.15, 0.2) is 27.6 Å². The van der Waals surface area contributed by atoms with Gasteiger partial charge in [-0.15, -0.1) is 0 Å². The lowest BCUT2D eigenvalue weighted by atomic mass is 10.3. The summed E-state index contributed by atoms with van der Waals surface area (Å²) >= 11 is 0. The molecule has 0 aliphatic carbocycles. The smallest absolute Gasteiger partial charge is 0.439 e. The topological polar surface area (TPSA) is 84.3 Å². The molecule has 1 N–H and O–H groups in total. The monoisotopic (exact) mass is 290 g/mol. The first kappa shape index (κ1) is 13.8. The molecule has 0 radical (unpaired) electrons. The predicted octanol–water partition coefficient (Wildman–Crippen LogP) is 1.29. The van der Waals surface area contributed by atoms with E-state index in [9.17, 15) is 4.79 Å². The van der Waals surface area contributed by atoms with E-state index in [1.165, 1.54) is 25.9 Å². The van der Waals surface area contributed by atoms with E-state index in [1.807, 2.05) is 6.07 Å². The highest BCUT2D eigenvalue weighted by Gasteiger charge is 2.10. The zero-order chi connectivity index (χ0) is 14.5. The van der Waals surface area contributed by atoms with Crippen LogP contribution in [-0.2, 0) is 0 Å². The molecule has 1 fully saturated rings. The number of H-pyrrole nitrogens is 1. The molecule has 2 aromatic rings. The van der Waals surface area contributed by atoms with E-state index in [2.05, 4.69) is 24.5 Å². The summed E-state index contributed by atoms with van der Waals surface area (Å²) in [5.74, 6) is 0.445. The van der Waals surface area contributed by atoms with Crippen molar-refractivity contribution in [2.45, 2.75) is 19.3 Å². The number of rotatable bonds is 6. The first-order valence-corrected chi connectivity index (χ1v) is 7.19. The lowest BCUT2D eigenvalue weighted by Crippen LogP contribution is -2.21. The van der Waals surface area contributed by atoms with Gasteiger partial charge in [-0.25, -0.2) is 9.78 Å². The predicted molar refractivity (Wildman–Crippen MR) is 76.1 cm³/mol. The Morgan fingerprint density at radius 2 is 2.19 bits per heavy atom. The van der Waals surface area contributed by atoms with Gasteiger partial charge in [-0.05, 0) is 44.5 Å². The first-order chi connectivity index (χ1) is 10.3. The maximum atomic E-state index is 10.9. The van der Waals surface area contributed by atoms with Gasteiger partial charge in [0, 0.05) is 6.54 Å². The van der Waals surface area contributed by atoms with Crippen LogP contribution in [0.1, 0.15) is 19.3 Å². The summed E-state index contributed by atoms with van der Waals surface area (Å²) in [6.07, 6.45) is 5.27. The van der Waals surface area contributed by atoms with Gasteiger partial charge in [0.05, 0.1) is 12.8 Å². The summed E-state index contributed by atoms with van der Waals surface area (Å²) < 4.78 is 10.1. The molecular formula is C14H18N4O3. The van der Waals surface area contributed by atoms with Gasteiger partial charge in [-0.1, -0.05) is 5.16 Å². The second kappa shape index (κ2) is 6.53. The van der Waals surface area contributed by atoms with E-state index in [0.717, 1.165) is 13.0 Å². The van der Waals surface area contributed by atoms with E-state index in [4.69, 9.17) is 4.74 Å². The molecule has 0 bridgehead atoms. The van der Waals surface area contributed by atoms with E-state index < -0.39 is 5.76 Å². The average Bonchev–Trinajstić information content (AvgIpc) is 3.16. The van der Waals surface area contributed by atoms with Crippen molar-refractivity contribution in [3.8, 4) is 17.3 Å². The van der Waals surface area contributed by atoms with E-state index in [0.29, 0.717) is 23.9 Å². The Morgan fingerprint density at radius 3 is 2.86 bits per heavy atom. The SMILES string of the molecule is O=c1[nH]c(-c2ccc(OCCCN3CCCC3)cn2)no1. The number of hydrogen-bond acceptors (Lipinski definition) is 6. The lowest BCUT2D eigenvalue weighted by molar-refractivity contribution is 0.263. The van der Waals surface area contributed by atoms with Gasteiger partial charge >= 0.3 is 5.76 Å². The van der Waals surface area contributed by atoms with Gasteiger partial charge in [-0.3, -0.25) is 9.51 Å². The van der Waals surface area contributed by atoms with Gasteiger partial charge < -0.3 is 9.64 Å². The normalized spacial score (nSPS) is 15.4. The minimum Gasteiger partial charge on any atom is -0.492 e. The zero-order valence-corrected chi connectivity index (χ0v) is 11.7. The molecule has 1 saturated heterocycles. The quantitative estimate of drug-likeness (QED) is 0.807. The molecule has 0 aromatic carbocycles. The van der Waals surface area contributed by atoms with Crippen molar-refractivity contribution in [2.24, 2.45) is 0 Å². The summed E-state index contributed by atoms with van der Waals surface area (Å²) in [6, 6.07) is 3.55. The van der Waals surface area contributed by atoms with Crippen molar-refractivity contribution in [1.29, 1.82) is 0 Å². The molecule has 7 nitrogen and oxygen atoms in total. The Bertz CT molecular complexity index is 614. The van der Waals surface area contributed by atoms with Crippen LogP contribution in [0.25, 0.3) is 11.5 Å². The van der Waals surface area contributed by atoms with Crippen molar-refractivity contribution in [3.05, 3.63) is 28.9 Å². The highest BCUT2D eigenvalue weighted by atomic mass is 16.5. The van der Waals surface area contributed by atoms with E-state index in [-0.39, 0.29) is 0 Å². The third kappa shape index (κ3) is 3.69. The third-order valence-corrected chi connectivity index (χ3v) is 3.51. The Balaban J connectivity index is 1.47. The van der Waals surface area contributed by atoms with Gasteiger partial charge in [0.1, 0.15) is 11.4 Å². The summed E-state index contributed by atoms with van der Waals surface area (Å²) in [6.45, 7) is 4.20. The molecule has 0 unspecified atom stereocenters. The maximum Gasteiger partial charge on any atom is 0.439 e. The molecular weight excluding hydrogens is 272 g/mol. The highest BCUT2D eigenvalue weighted by molar-refractivity contribution is 5.48. The molecule has 7 heteroatoms. The zero-order valence-electron chi connectivity index (χ0n) is 11.7. The second-order valence-corrected chi connectivity index (χ2v) is 5.07. The fourth-order valence-corrected chi connectivity index (χ4v) is 2.43. The Hall–Kier alpha value is -2.15. The standard InChI is InChI=1S/C14H18N4O3/c19-14-16-13(17-21-14)12-5-4-11(10-15-12)20-9-3-8-18-6-1-2-7-18/h4-5,10H,1-3,6-9H2,(H,16,17,19). The molecule has 0 amide bonds. The number of likely N-dealkylation sites (tertiary alicyclic amines) is 1. The Labute approximate surface area is 121 Å². The molecule has 0 atom stereocenters. The molecule has 2 aromatic heterocycles. The number of nitrogens with one attached hydrogen (secondary N) is 1. The number of pyridine rings is 1. The molecule has 0 saturated carbocycles. The van der Waals surface area contributed by atoms with Crippen LogP contribution in [-0.4, -0.2) is 46.3 Å². The molecule has 112 valence electrons. The Morgan fingerprint density at radius 1 is 1.33 bits per heavy atom. The number of aromatic nitrogens is 3. The third-order valence-electron chi connectivity index (χ3n) is 3.51. The number of ether oxygens (including phenoxy) is 1. The summed E-state index contributed by atoms with van der Waals surface area (Å²) in [4.78, 5) is 20.0. The number of nitrogens with zero attached hydrogens (tertiary/aromatic N) is 3. The van der Waals surface area contributed by atoms with Gasteiger partial charge in [-0.2, -0.15) is 0 Å². The summed E-state index contributed by atoms with van der Waals surface area (Å²) in [5.41, 5.74) is 0.547. The fourth-order valence-electron chi connectivity index (χ4n) is 2.43. The molecule has 21 heavy (non-hydrogen) atoms. The molecule has 3 heterocycles. The van der Waals surface area contributed by atoms with Crippen molar-refractivity contribution in [2.75, 3.05) is 26.2 Å². The van der Waals surface area contributed by atoms with E-state index in [1.54, 1.807) is 12.3 Å². The van der Waals surface area contributed by atoms with Crippen LogP contribution in [0.2, 0.25) is 0 Å². The van der Waals surface area contributed by atoms with Crippen LogP contribution in [0.4, 0.5) is 0 Å². The molecule has 3 rings (SSSR count). The van der Waals surface area contributed by atoms with Crippen LogP contribution in [0.5, 0.6) is 5.75 Å². The second-order valence-electron chi connectivity index (χ2n) is 5.07. The largest absolute Gasteiger partial charge is 0.492 e. The average molecular weight is 290 g/mol. The minimum absolute atomic E-state index is 0.320. The lowest BCUT2D eigenvalue weighted by Gasteiger charge is -2.14. The molecule has 1 aliphatic heterocycles. The van der Waals surface area contributed by atoms with Crippen molar-refractivity contribution >= 4 is 0 Å². The van der Waals surface area contributed by atoms with Gasteiger partial charge in [0.15, 0.2) is 0 Å². The summed E-state index contributed by atoms with van der Waals surface area (Å²) in [7, 11) is 0. The summed E-state index contributed by atoms with van der Waals surface area (Å²) in [5, 5.41) is 3.58. The number of hydrogen-bond donors (Lipinski definition) is 1. The minimum atomic E-state index is -0.589. The van der Waals surface area contributed by atoms with Gasteiger partial charge in [0.25, 0.3) is 0 Å². The van der Waals surface area contributed by atoms with Crippen LogP contribution >= 0.6 is 0 Å². The fraction of sp³-hybridized carbons (Fsp3) is 0.500. The van der Waals surface area contributed by atoms with Crippen LogP contribution in [0.3, 0.4) is 0 Å². The van der Waals surface area contributed by atoms with Crippen molar-refractivity contribution in [3.63, 3.8) is 0 Å². The maximum absolute atomic E-state index is 10.9. The van der Waals surface area contributed by atoms with Crippen LogP contribution < -0.4 is 10.5 Å². The molecule has 0 spiro atoms. The van der Waals surface area contributed by atoms with Crippen molar-refractivity contribution < 1.29 is 9.26 Å². The number of aromatic amines is 1. The van der Waals surface area contributed by atoms with E-state index >= 15 is 0 Å². The van der Waals surface area contributed by atoms with Gasteiger partial charge in [0.2, 0.25) is 5.82 Å². The Kier molecular flexibility index (Phi) is 4.30. The van der Waals surface area contributed by atoms with Crippen LogP contribution in [0, 0.1) is 0 Å². The molecule has 1 aliphatic rings. The van der Waals surface area contributed by atoms with Crippen molar-refractivity contribution in [1.82, 2.24) is 20.0 Å².